The highest BCUT2D eigenvalue weighted by Crippen LogP contribution is 2.22. The van der Waals surface area contributed by atoms with Crippen LogP contribution >= 0.6 is 0 Å². The third-order valence-electron chi connectivity index (χ3n) is 3.03. The molecule has 6 nitrogen and oxygen atoms in total. The summed E-state index contributed by atoms with van der Waals surface area (Å²) < 4.78 is 0. The zero-order valence-electron chi connectivity index (χ0n) is 11.2. The third kappa shape index (κ3) is 3.79. The first-order chi connectivity index (χ1) is 10.1. The Morgan fingerprint density at radius 1 is 1.14 bits per heavy atom. The van der Waals surface area contributed by atoms with Crippen LogP contribution in [0, 0.1) is 10.1 Å². The molecule has 108 valence electrons. The summed E-state index contributed by atoms with van der Waals surface area (Å²) in [6, 6.07) is 13.0. The van der Waals surface area contributed by atoms with Gasteiger partial charge in [-0.25, -0.2) is 4.79 Å². The molecule has 0 fully saturated rings. The van der Waals surface area contributed by atoms with Crippen LogP contribution in [0.15, 0.2) is 48.5 Å². The minimum Gasteiger partial charge on any atom is -0.478 e. The van der Waals surface area contributed by atoms with Gasteiger partial charge in [0.1, 0.15) is 5.69 Å². The van der Waals surface area contributed by atoms with Crippen LogP contribution in [0.2, 0.25) is 0 Å². The van der Waals surface area contributed by atoms with Crippen molar-refractivity contribution in [2.45, 2.75) is 6.42 Å². The fourth-order valence-electron chi connectivity index (χ4n) is 1.94. The van der Waals surface area contributed by atoms with Crippen molar-refractivity contribution in [2.24, 2.45) is 0 Å². The summed E-state index contributed by atoms with van der Waals surface area (Å²) in [5, 5.41) is 22.7. The van der Waals surface area contributed by atoms with Gasteiger partial charge in [-0.15, -0.1) is 0 Å². The normalized spacial score (nSPS) is 10.1. The summed E-state index contributed by atoms with van der Waals surface area (Å²) >= 11 is 0. The average Bonchev–Trinajstić information content (AvgIpc) is 2.48. The summed E-state index contributed by atoms with van der Waals surface area (Å²) in [5.41, 5.74) is 1.72. The molecular formula is C15H14N2O4. The number of hydrogen-bond donors (Lipinski definition) is 2. The number of carbonyl (C=O) groups is 1. The first-order valence-electron chi connectivity index (χ1n) is 6.37. The van der Waals surface area contributed by atoms with E-state index in [4.69, 9.17) is 5.11 Å². The van der Waals surface area contributed by atoms with Crippen LogP contribution in [0.1, 0.15) is 15.9 Å². The molecule has 2 aromatic carbocycles. The molecule has 0 unspecified atom stereocenters. The van der Waals surface area contributed by atoms with E-state index < -0.39 is 10.9 Å². The lowest BCUT2D eigenvalue weighted by Gasteiger charge is -2.07. The summed E-state index contributed by atoms with van der Waals surface area (Å²) in [7, 11) is 0. The molecule has 0 spiro atoms. The molecule has 2 aromatic rings. The molecule has 0 saturated heterocycles. The summed E-state index contributed by atoms with van der Waals surface area (Å²) in [5.74, 6) is -0.959. The molecule has 21 heavy (non-hydrogen) atoms. The fraction of sp³-hybridized carbons (Fsp3) is 0.133. The SMILES string of the molecule is O=C(O)c1ccc(CCNc2ccccc2[N+](=O)[O-])cc1. The first-order valence-corrected chi connectivity index (χ1v) is 6.37. The minimum atomic E-state index is -0.959. The van der Waals surface area contributed by atoms with Crippen LogP contribution in [0.4, 0.5) is 11.4 Å². The minimum absolute atomic E-state index is 0.0405. The topological polar surface area (TPSA) is 92.5 Å². The van der Waals surface area contributed by atoms with Crippen molar-refractivity contribution in [3.05, 3.63) is 69.8 Å². The zero-order valence-corrected chi connectivity index (χ0v) is 11.2. The van der Waals surface area contributed by atoms with Crippen molar-refractivity contribution >= 4 is 17.3 Å². The lowest BCUT2D eigenvalue weighted by atomic mass is 10.1. The summed E-state index contributed by atoms with van der Waals surface area (Å²) in [6.07, 6.45) is 0.645. The quantitative estimate of drug-likeness (QED) is 0.629. The zero-order chi connectivity index (χ0) is 15.2. The van der Waals surface area contributed by atoms with Crippen LogP contribution in [0.5, 0.6) is 0 Å². The number of hydrogen-bond acceptors (Lipinski definition) is 4. The van der Waals surface area contributed by atoms with Gasteiger partial charge in [0, 0.05) is 12.6 Å². The van der Waals surface area contributed by atoms with E-state index in [9.17, 15) is 14.9 Å². The van der Waals surface area contributed by atoms with Crippen molar-refractivity contribution in [2.75, 3.05) is 11.9 Å². The first kappa shape index (κ1) is 14.5. The Kier molecular flexibility index (Phi) is 4.50. The Morgan fingerprint density at radius 2 is 1.81 bits per heavy atom. The number of benzene rings is 2. The Morgan fingerprint density at radius 3 is 2.43 bits per heavy atom. The van der Waals surface area contributed by atoms with Gasteiger partial charge >= 0.3 is 5.97 Å². The van der Waals surface area contributed by atoms with Gasteiger partial charge in [0.2, 0.25) is 0 Å². The molecule has 0 heterocycles. The highest BCUT2D eigenvalue weighted by molar-refractivity contribution is 5.87. The number of aromatic carboxylic acids is 1. The average molecular weight is 286 g/mol. The molecule has 0 radical (unpaired) electrons. The number of rotatable bonds is 6. The molecular weight excluding hydrogens is 272 g/mol. The molecule has 0 aromatic heterocycles. The molecule has 0 amide bonds. The van der Waals surface area contributed by atoms with Gasteiger partial charge in [0.05, 0.1) is 10.5 Å². The fourth-order valence-corrected chi connectivity index (χ4v) is 1.94. The summed E-state index contributed by atoms with van der Waals surface area (Å²) in [4.78, 5) is 21.2. The van der Waals surface area contributed by atoms with Crippen molar-refractivity contribution in [1.82, 2.24) is 0 Å². The van der Waals surface area contributed by atoms with Crippen LogP contribution in [-0.2, 0) is 6.42 Å². The maximum Gasteiger partial charge on any atom is 0.335 e. The highest BCUT2D eigenvalue weighted by atomic mass is 16.6. The van der Waals surface area contributed by atoms with Crippen LogP contribution in [0.25, 0.3) is 0 Å². The van der Waals surface area contributed by atoms with Crippen LogP contribution < -0.4 is 5.32 Å². The van der Waals surface area contributed by atoms with E-state index in [0.717, 1.165) is 5.56 Å². The molecule has 0 saturated carbocycles. The Hall–Kier alpha value is -2.89. The Labute approximate surface area is 121 Å². The van der Waals surface area contributed by atoms with E-state index in [1.165, 1.54) is 6.07 Å². The smallest absolute Gasteiger partial charge is 0.335 e. The maximum atomic E-state index is 10.9. The second-order valence-corrected chi connectivity index (χ2v) is 4.45. The van der Waals surface area contributed by atoms with Gasteiger partial charge in [-0.1, -0.05) is 24.3 Å². The standard InChI is InChI=1S/C15H14N2O4/c18-15(19)12-7-5-11(6-8-12)9-10-16-13-3-1-2-4-14(13)17(20)21/h1-8,16H,9-10H2,(H,18,19). The second kappa shape index (κ2) is 6.51. The third-order valence-corrected chi connectivity index (χ3v) is 3.03. The predicted molar refractivity (Wildman–Crippen MR) is 78.7 cm³/mol. The van der Waals surface area contributed by atoms with Gasteiger partial charge in [-0.2, -0.15) is 0 Å². The van der Waals surface area contributed by atoms with Crippen LogP contribution in [0.3, 0.4) is 0 Å². The highest BCUT2D eigenvalue weighted by Gasteiger charge is 2.11. The van der Waals surface area contributed by atoms with Gasteiger partial charge in [0.25, 0.3) is 5.69 Å². The van der Waals surface area contributed by atoms with E-state index in [2.05, 4.69) is 5.32 Å². The Balaban J connectivity index is 1.95. The predicted octanol–water partition coefficient (Wildman–Crippen LogP) is 2.95. The lowest BCUT2D eigenvalue weighted by molar-refractivity contribution is -0.384. The molecule has 0 aliphatic rings. The lowest BCUT2D eigenvalue weighted by Crippen LogP contribution is -2.07. The van der Waals surface area contributed by atoms with Crippen molar-refractivity contribution in [3.8, 4) is 0 Å². The number of nitrogens with one attached hydrogen (secondary N) is 1. The van der Waals surface area contributed by atoms with E-state index in [1.54, 1.807) is 42.5 Å². The van der Waals surface area contributed by atoms with Crippen molar-refractivity contribution in [3.63, 3.8) is 0 Å². The summed E-state index contributed by atoms with van der Waals surface area (Å²) in [6.45, 7) is 0.525. The van der Waals surface area contributed by atoms with E-state index in [-0.39, 0.29) is 11.3 Å². The largest absolute Gasteiger partial charge is 0.478 e. The number of nitrogens with zero attached hydrogens (tertiary/aromatic N) is 1. The monoisotopic (exact) mass is 286 g/mol. The maximum absolute atomic E-state index is 10.9. The van der Waals surface area contributed by atoms with Crippen molar-refractivity contribution < 1.29 is 14.8 Å². The van der Waals surface area contributed by atoms with Gasteiger partial charge in [-0.05, 0) is 30.2 Å². The molecule has 0 atom stereocenters. The molecule has 2 rings (SSSR count). The number of carboxylic acid groups (broad SMARTS) is 1. The number of nitro benzene ring substituents is 1. The number of nitro groups is 1. The van der Waals surface area contributed by atoms with E-state index >= 15 is 0 Å². The number of para-hydroxylation sites is 2. The van der Waals surface area contributed by atoms with Crippen LogP contribution in [-0.4, -0.2) is 22.5 Å². The molecule has 0 aliphatic carbocycles. The van der Waals surface area contributed by atoms with E-state index in [0.29, 0.717) is 18.7 Å². The molecule has 0 bridgehead atoms. The molecule has 0 aliphatic heterocycles. The molecule has 2 N–H and O–H groups in total. The van der Waals surface area contributed by atoms with Crippen molar-refractivity contribution in [1.29, 1.82) is 0 Å². The second-order valence-electron chi connectivity index (χ2n) is 4.45. The van der Waals surface area contributed by atoms with Gasteiger partial charge in [0.15, 0.2) is 0 Å². The van der Waals surface area contributed by atoms with E-state index in [1.807, 2.05) is 0 Å². The number of anilines is 1. The van der Waals surface area contributed by atoms with Gasteiger partial charge < -0.3 is 10.4 Å². The molecule has 6 heteroatoms. The van der Waals surface area contributed by atoms with Gasteiger partial charge in [-0.3, -0.25) is 10.1 Å². The Bertz CT molecular complexity index is 653. The number of carboxylic acids is 1.